The number of nitrogens with zero attached hydrogens (tertiary/aromatic N) is 2. The topological polar surface area (TPSA) is 83.1 Å². The summed E-state index contributed by atoms with van der Waals surface area (Å²) in [6.45, 7) is 1.54. The van der Waals surface area contributed by atoms with Gasteiger partial charge in [0.25, 0.3) is 0 Å². The average Bonchev–Trinajstić information content (AvgIpc) is 3.06. The second-order valence-corrected chi connectivity index (χ2v) is 4.52. The van der Waals surface area contributed by atoms with E-state index in [9.17, 15) is 5.11 Å². The molecule has 2 aromatic rings. The van der Waals surface area contributed by atoms with Crippen LogP contribution in [-0.4, -0.2) is 45.9 Å². The molecule has 0 aliphatic carbocycles. The molecule has 18 heavy (non-hydrogen) atoms. The molecular formula is C12H16N4O2. The van der Waals surface area contributed by atoms with Crippen molar-refractivity contribution in [1.82, 2.24) is 15.0 Å². The standard InChI is InChI=1S/C12H16N4O2/c17-5-10(8-2-4-18-6-8)16-12-9-1-3-13-11(9)14-7-15-12/h1,3,7-8,10,17H,2,4-6H2,(H2,13,14,15,16)/t8-,10+/m0/s1. The highest BCUT2D eigenvalue weighted by Crippen LogP contribution is 2.23. The van der Waals surface area contributed by atoms with Gasteiger partial charge in [0.15, 0.2) is 0 Å². The quantitative estimate of drug-likeness (QED) is 0.744. The Bertz CT molecular complexity index is 522. The van der Waals surface area contributed by atoms with Crippen LogP contribution >= 0.6 is 0 Å². The smallest absolute Gasteiger partial charge is 0.142 e. The summed E-state index contributed by atoms with van der Waals surface area (Å²) >= 11 is 0. The first-order valence-electron chi connectivity index (χ1n) is 6.11. The fraction of sp³-hybridized carbons (Fsp3) is 0.500. The van der Waals surface area contributed by atoms with Crippen LogP contribution in [0.2, 0.25) is 0 Å². The normalized spacial score (nSPS) is 21.3. The minimum absolute atomic E-state index is 0.0273. The number of aromatic nitrogens is 3. The summed E-state index contributed by atoms with van der Waals surface area (Å²) in [5, 5.41) is 13.7. The molecule has 0 saturated carbocycles. The minimum Gasteiger partial charge on any atom is -0.394 e. The molecule has 6 heteroatoms. The van der Waals surface area contributed by atoms with E-state index in [1.807, 2.05) is 12.3 Å². The molecule has 0 amide bonds. The molecule has 1 fully saturated rings. The molecule has 2 aromatic heterocycles. The molecule has 96 valence electrons. The molecule has 0 bridgehead atoms. The number of nitrogens with one attached hydrogen (secondary N) is 2. The molecule has 1 saturated heterocycles. The van der Waals surface area contributed by atoms with Gasteiger partial charge < -0.3 is 20.1 Å². The summed E-state index contributed by atoms with van der Waals surface area (Å²) in [4.78, 5) is 11.4. The van der Waals surface area contributed by atoms with Crippen molar-refractivity contribution < 1.29 is 9.84 Å². The molecule has 3 N–H and O–H groups in total. The number of aromatic amines is 1. The number of hydrogen-bond donors (Lipinski definition) is 3. The predicted octanol–water partition coefficient (Wildman–Crippen LogP) is 0.767. The summed E-state index contributed by atoms with van der Waals surface area (Å²) in [5.74, 6) is 1.09. The zero-order valence-corrected chi connectivity index (χ0v) is 9.97. The molecule has 6 nitrogen and oxygen atoms in total. The van der Waals surface area contributed by atoms with Crippen molar-refractivity contribution in [3.8, 4) is 0 Å². The Morgan fingerprint density at radius 2 is 2.50 bits per heavy atom. The van der Waals surface area contributed by atoms with E-state index in [1.54, 1.807) is 0 Å². The molecule has 3 heterocycles. The van der Waals surface area contributed by atoms with E-state index < -0.39 is 0 Å². The molecule has 0 spiro atoms. The Hall–Kier alpha value is -1.66. The van der Waals surface area contributed by atoms with Crippen LogP contribution in [0, 0.1) is 5.92 Å². The zero-order chi connectivity index (χ0) is 12.4. The van der Waals surface area contributed by atoms with E-state index in [4.69, 9.17) is 4.74 Å². The Kier molecular flexibility index (Phi) is 3.12. The summed E-state index contributed by atoms with van der Waals surface area (Å²) < 4.78 is 5.36. The van der Waals surface area contributed by atoms with Crippen LogP contribution in [0.3, 0.4) is 0 Å². The van der Waals surface area contributed by atoms with Crippen LogP contribution in [0.15, 0.2) is 18.6 Å². The van der Waals surface area contributed by atoms with Crippen molar-refractivity contribution in [2.24, 2.45) is 5.92 Å². The van der Waals surface area contributed by atoms with Crippen LogP contribution in [0.5, 0.6) is 0 Å². The summed E-state index contributed by atoms with van der Waals surface area (Å²) in [6, 6.07) is 1.90. The number of fused-ring (bicyclic) bond motifs is 1. The average molecular weight is 248 g/mol. The molecule has 0 radical (unpaired) electrons. The largest absolute Gasteiger partial charge is 0.394 e. The van der Waals surface area contributed by atoms with Crippen molar-refractivity contribution >= 4 is 16.9 Å². The van der Waals surface area contributed by atoms with Gasteiger partial charge in [-0.3, -0.25) is 0 Å². The van der Waals surface area contributed by atoms with E-state index in [1.165, 1.54) is 6.33 Å². The second-order valence-electron chi connectivity index (χ2n) is 4.52. The lowest BCUT2D eigenvalue weighted by molar-refractivity contribution is 0.170. The minimum atomic E-state index is -0.0273. The van der Waals surface area contributed by atoms with Crippen LogP contribution in [0.25, 0.3) is 11.0 Å². The number of hydrogen-bond acceptors (Lipinski definition) is 5. The molecule has 3 rings (SSSR count). The van der Waals surface area contributed by atoms with Gasteiger partial charge in [0, 0.05) is 18.7 Å². The Morgan fingerprint density at radius 1 is 1.56 bits per heavy atom. The van der Waals surface area contributed by atoms with Crippen molar-refractivity contribution in [2.75, 3.05) is 25.1 Å². The van der Waals surface area contributed by atoms with E-state index in [0.717, 1.165) is 29.9 Å². The van der Waals surface area contributed by atoms with E-state index in [2.05, 4.69) is 20.3 Å². The third kappa shape index (κ3) is 2.04. The molecule has 1 aliphatic rings. The van der Waals surface area contributed by atoms with Crippen LogP contribution in [0.1, 0.15) is 6.42 Å². The van der Waals surface area contributed by atoms with E-state index >= 15 is 0 Å². The van der Waals surface area contributed by atoms with Gasteiger partial charge in [0.2, 0.25) is 0 Å². The Balaban J connectivity index is 1.83. The summed E-state index contributed by atoms with van der Waals surface area (Å²) in [7, 11) is 0. The summed E-state index contributed by atoms with van der Waals surface area (Å²) in [5.41, 5.74) is 0.798. The van der Waals surface area contributed by atoms with Gasteiger partial charge in [-0.25, -0.2) is 9.97 Å². The molecule has 2 atom stereocenters. The number of rotatable bonds is 4. The van der Waals surface area contributed by atoms with Crippen molar-refractivity contribution in [1.29, 1.82) is 0 Å². The maximum Gasteiger partial charge on any atom is 0.142 e. The van der Waals surface area contributed by atoms with Crippen LogP contribution in [0.4, 0.5) is 5.82 Å². The first kappa shape index (κ1) is 11.4. The number of anilines is 1. The SMILES string of the molecule is OC[C@@H](Nc1ncnc2[nH]ccc12)[C@H]1CCOC1. The van der Waals surface area contributed by atoms with Gasteiger partial charge in [-0.15, -0.1) is 0 Å². The highest BCUT2D eigenvalue weighted by atomic mass is 16.5. The fourth-order valence-electron chi connectivity index (χ4n) is 2.35. The van der Waals surface area contributed by atoms with E-state index in [0.29, 0.717) is 12.5 Å². The number of ether oxygens (including phenoxy) is 1. The predicted molar refractivity (Wildman–Crippen MR) is 67.3 cm³/mol. The fourth-order valence-corrected chi connectivity index (χ4v) is 2.35. The summed E-state index contributed by atoms with van der Waals surface area (Å²) in [6.07, 6.45) is 4.32. The van der Waals surface area contributed by atoms with Crippen molar-refractivity contribution in [2.45, 2.75) is 12.5 Å². The number of aliphatic hydroxyl groups excluding tert-OH is 1. The highest BCUT2D eigenvalue weighted by molar-refractivity contribution is 5.86. The van der Waals surface area contributed by atoms with E-state index in [-0.39, 0.29) is 12.6 Å². The van der Waals surface area contributed by atoms with Gasteiger partial charge in [-0.1, -0.05) is 0 Å². The van der Waals surface area contributed by atoms with Crippen LogP contribution < -0.4 is 5.32 Å². The highest BCUT2D eigenvalue weighted by Gasteiger charge is 2.25. The van der Waals surface area contributed by atoms with Gasteiger partial charge >= 0.3 is 0 Å². The van der Waals surface area contributed by atoms with Crippen LogP contribution in [-0.2, 0) is 4.74 Å². The van der Waals surface area contributed by atoms with Gasteiger partial charge in [-0.2, -0.15) is 0 Å². The molecule has 0 unspecified atom stereocenters. The molecule has 1 aliphatic heterocycles. The maximum atomic E-state index is 9.50. The lowest BCUT2D eigenvalue weighted by atomic mass is 10.00. The van der Waals surface area contributed by atoms with Crippen molar-refractivity contribution in [3.63, 3.8) is 0 Å². The Labute approximate surface area is 104 Å². The first-order valence-corrected chi connectivity index (χ1v) is 6.11. The lowest BCUT2D eigenvalue weighted by Gasteiger charge is -2.22. The molecular weight excluding hydrogens is 232 g/mol. The lowest BCUT2D eigenvalue weighted by Crippen LogP contribution is -2.33. The number of H-pyrrole nitrogens is 1. The van der Waals surface area contributed by atoms with Crippen molar-refractivity contribution in [3.05, 3.63) is 18.6 Å². The first-order chi connectivity index (χ1) is 8.88. The zero-order valence-electron chi connectivity index (χ0n) is 9.97. The third-order valence-corrected chi connectivity index (χ3v) is 3.41. The van der Waals surface area contributed by atoms with Gasteiger partial charge in [0.1, 0.15) is 17.8 Å². The molecule has 0 aromatic carbocycles. The third-order valence-electron chi connectivity index (χ3n) is 3.41. The Morgan fingerprint density at radius 3 is 3.28 bits per heavy atom. The van der Waals surface area contributed by atoms with Gasteiger partial charge in [-0.05, 0) is 12.5 Å². The number of aliphatic hydroxyl groups is 1. The maximum absolute atomic E-state index is 9.50. The van der Waals surface area contributed by atoms with Gasteiger partial charge in [0.05, 0.1) is 24.6 Å². The second kappa shape index (κ2) is 4.91. The monoisotopic (exact) mass is 248 g/mol.